The van der Waals surface area contributed by atoms with Crippen LogP contribution in [0.1, 0.15) is 19.8 Å². The second-order valence-corrected chi connectivity index (χ2v) is 6.22. The Hall–Kier alpha value is -2.38. The Morgan fingerprint density at radius 3 is 2.77 bits per heavy atom. The summed E-state index contributed by atoms with van der Waals surface area (Å²) >= 11 is 0. The molecule has 2 N–H and O–H groups in total. The number of nitrogens with zero attached hydrogens (tertiary/aromatic N) is 2. The van der Waals surface area contributed by atoms with Crippen LogP contribution in [0.15, 0.2) is 36.7 Å². The lowest BCUT2D eigenvalue weighted by atomic mass is 9.81. The van der Waals surface area contributed by atoms with Gasteiger partial charge in [0, 0.05) is 43.1 Å². The maximum atomic E-state index is 9.91. The fourth-order valence-electron chi connectivity index (χ4n) is 3.12. The molecular weight excluding hydrogens is 336 g/mol. The third-order valence-electron chi connectivity index (χ3n) is 4.51. The van der Waals surface area contributed by atoms with Gasteiger partial charge in [-0.2, -0.15) is 0 Å². The first-order chi connectivity index (χ1) is 12.7. The molecule has 0 aliphatic carbocycles. The molecule has 0 amide bonds. The summed E-state index contributed by atoms with van der Waals surface area (Å²) in [4.78, 5) is 12.9. The van der Waals surface area contributed by atoms with Gasteiger partial charge < -0.3 is 24.3 Å². The first-order valence-electron chi connectivity index (χ1n) is 8.69. The van der Waals surface area contributed by atoms with Gasteiger partial charge in [0.2, 0.25) is 0 Å². The standard InChI is InChI=1S/C18H24N2O3.CH2O2/c1-2-23-16-5-3-4-15(12-16)17-19-8-9-20(17)13-18(14-21)6-10-22-11-7-18;2-1-3/h3-5,8-9,12,21H,2,6-7,10-11,13-14H2,1H3;1H,(H,2,3). The summed E-state index contributed by atoms with van der Waals surface area (Å²) < 4.78 is 13.2. The van der Waals surface area contributed by atoms with Crippen LogP contribution in [-0.4, -0.2) is 52.7 Å². The minimum Gasteiger partial charge on any atom is -0.494 e. The summed E-state index contributed by atoms with van der Waals surface area (Å²) in [6.45, 7) is 4.72. The molecule has 0 saturated carbocycles. The number of aliphatic hydroxyl groups excluding tert-OH is 1. The molecule has 1 aliphatic rings. The topological polar surface area (TPSA) is 93.8 Å². The summed E-state index contributed by atoms with van der Waals surface area (Å²) in [5.74, 6) is 1.76. The van der Waals surface area contributed by atoms with Gasteiger partial charge in [0.05, 0.1) is 13.2 Å². The molecular formula is C19H26N2O5. The van der Waals surface area contributed by atoms with Crippen LogP contribution in [0.2, 0.25) is 0 Å². The van der Waals surface area contributed by atoms with E-state index < -0.39 is 0 Å². The van der Waals surface area contributed by atoms with Crippen molar-refractivity contribution < 1.29 is 24.5 Å². The van der Waals surface area contributed by atoms with Crippen molar-refractivity contribution >= 4 is 6.47 Å². The highest BCUT2D eigenvalue weighted by molar-refractivity contribution is 5.58. The van der Waals surface area contributed by atoms with E-state index in [0.717, 1.165) is 36.5 Å². The second kappa shape index (κ2) is 9.94. The molecule has 3 rings (SSSR count). The summed E-state index contributed by atoms with van der Waals surface area (Å²) in [7, 11) is 0. The van der Waals surface area contributed by atoms with Crippen molar-refractivity contribution in [2.75, 3.05) is 26.4 Å². The smallest absolute Gasteiger partial charge is 0.290 e. The van der Waals surface area contributed by atoms with Crippen LogP contribution in [0, 0.1) is 5.41 Å². The van der Waals surface area contributed by atoms with E-state index in [1.54, 1.807) is 0 Å². The van der Waals surface area contributed by atoms with Gasteiger partial charge in [0.15, 0.2) is 0 Å². The molecule has 1 aromatic heterocycles. The molecule has 7 nitrogen and oxygen atoms in total. The van der Waals surface area contributed by atoms with E-state index in [1.807, 2.05) is 43.6 Å². The molecule has 142 valence electrons. The molecule has 0 atom stereocenters. The Morgan fingerprint density at radius 2 is 2.12 bits per heavy atom. The van der Waals surface area contributed by atoms with E-state index in [0.29, 0.717) is 19.8 Å². The molecule has 1 fully saturated rings. The average molecular weight is 362 g/mol. The Labute approximate surface area is 153 Å². The van der Waals surface area contributed by atoms with Gasteiger partial charge in [0.1, 0.15) is 11.6 Å². The van der Waals surface area contributed by atoms with Crippen LogP contribution in [0.25, 0.3) is 11.4 Å². The van der Waals surface area contributed by atoms with Crippen molar-refractivity contribution in [3.63, 3.8) is 0 Å². The third-order valence-corrected chi connectivity index (χ3v) is 4.51. The van der Waals surface area contributed by atoms with Crippen molar-refractivity contribution in [2.24, 2.45) is 5.41 Å². The lowest BCUT2D eigenvalue weighted by molar-refractivity contribution is -0.122. The van der Waals surface area contributed by atoms with Crippen LogP contribution in [0.4, 0.5) is 0 Å². The van der Waals surface area contributed by atoms with Crippen molar-refractivity contribution in [2.45, 2.75) is 26.3 Å². The zero-order valence-corrected chi connectivity index (χ0v) is 15.0. The zero-order valence-electron chi connectivity index (χ0n) is 15.0. The van der Waals surface area contributed by atoms with E-state index >= 15 is 0 Å². The Bertz CT molecular complexity index is 680. The quantitative estimate of drug-likeness (QED) is 0.767. The average Bonchev–Trinajstić information content (AvgIpc) is 3.11. The van der Waals surface area contributed by atoms with Crippen molar-refractivity contribution in [3.05, 3.63) is 36.7 Å². The van der Waals surface area contributed by atoms with Crippen molar-refractivity contribution in [1.82, 2.24) is 9.55 Å². The van der Waals surface area contributed by atoms with Crippen molar-refractivity contribution in [1.29, 1.82) is 0 Å². The van der Waals surface area contributed by atoms with Gasteiger partial charge in [-0.05, 0) is 31.9 Å². The van der Waals surface area contributed by atoms with Crippen LogP contribution in [0.3, 0.4) is 0 Å². The SMILES string of the molecule is CCOc1cccc(-c2nccn2CC2(CO)CCOCC2)c1.O=CO. The molecule has 2 aromatic rings. The van der Waals surface area contributed by atoms with E-state index in [-0.39, 0.29) is 18.5 Å². The number of ether oxygens (including phenoxy) is 2. The van der Waals surface area contributed by atoms with Gasteiger partial charge in [0.25, 0.3) is 6.47 Å². The Balaban J connectivity index is 0.000000758. The molecule has 1 aliphatic heterocycles. The highest BCUT2D eigenvalue weighted by Crippen LogP contribution is 2.33. The number of carbonyl (C=O) groups is 1. The zero-order chi connectivity index (χ0) is 18.8. The monoisotopic (exact) mass is 362 g/mol. The number of aromatic nitrogens is 2. The minimum absolute atomic E-state index is 0.120. The first-order valence-corrected chi connectivity index (χ1v) is 8.69. The summed E-state index contributed by atoms with van der Waals surface area (Å²) in [5.41, 5.74) is 0.909. The predicted molar refractivity (Wildman–Crippen MR) is 97.1 cm³/mol. The molecule has 1 saturated heterocycles. The third kappa shape index (κ3) is 5.06. The highest BCUT2D eigenvalue weighted by Gasteiger charge is 2.33. The lowest BCUT2D eigenvalue weighted by Crippen LogP contribution is -2.37. The van der Waals surface area contributed by atoms with Gasteiger partial charge in [-0.3, -0.25) is 4.79 Å². The molecule has 26 heavy (non-hydrogen) atoms. The van der Waals surface area contributed by atoms with Crippen LogP contribution < -0.4 is 4.74 Å². The van der Waals surface area contributed by atoms with Crippen LogP contribution in [-0.2, 0) is 16.1 Å². The summed E-state index contributed by atoms with van der Waals surface area (Å²) in [5, 5.41) is 16.8. The lowest BCUT2D eigenvalue weighted by Gasteiger charge is -2.36. The fourth-order valence-corrected chi connectivity index (χ4v) is 3.12. The van der Waals surface area contributed by atoms with Gasteiger partial charge >= 0.3 is 0 Å². The van der Waals surface area contributed by atoms with Gasteiger partial charge in [-0.25, -0.2) is 4.98 Å². The van der Waals surface area contributed by atoms with E-state index in [2.05, 4.69) is 9.55 Å². The number of imidazole rings is 1. The van der Waals surface area contributed by atoms with E-state index in [4.69, 9.17) is 19.4 Å². The number of aliphatic hydroxyl groups is 1. The normalized spacial score (nSPS) is 15.6. The maximum absolute atomic E-state index is 9.91. The van der Waals surface area contributed by atoms with Crippen molar-refractivity contribution in [3.8, 4) is 17.1 Å². The molecule has 0 unspecified atom stereocenters. The largest absolute Gasteiger partial charge is 0.494 e. The Morgan fingerprint density at radius 1 is 1.38 bits per heavy atom. The highest BCUT2D eigenvalue weighted by atomic mass is 16.5. The molecule has 0 spiro atoms. The fraction of sp³-hybridized carbons (Fsp3) is 0.474. The number of carboxylic acid groups (broad SMARTS) is 1. The van der Waals surface area contributed by atoms with E-state index in [1.165, 1.54) is 0 Å². The molecule has 0 radical (unpaired) electrons. The second-order valence-electron chi connectivity index (χ2n) is 6.22. The molecule has 0 bridgehead atoms. The van der Waals surface area contributed by atoms with E-state index in [9.17, 15) is 5.11 Å². The first kappa shape index (κ1) is 19.9. The molecule has 7 heteroatoms. The minimum atomic E-state index is -0.250. The number of benzene rings is 1. The molecule has 1 aromatic carbocycles. The predicted octanol–water partition coefficient (Wildman–Crippen LogP) is 2.44. The summed E-state index contributed by atoms with van der Waals surface area (Å²) in [6, 6.07) is 7.98. The Kier molecular flexibility index (Phi) is 7.62. The number of hydrogen-bond acceptors (Lipinski definition) is 5. The number of hydrogen-bond donors (Lipinski definition) is 2. The number of rotatable bonds is 6. The van der Waals surface area contributed by atoms with Crippen LogP contribution >= 0.6 is 0 Å². The summed E-state index contributed by atoms with van der Waals surface area (Å²) in [6.07, 6.45) is 5.54. The van der Waals surface area contributed by atoms with Gasteiger partial charge in [-0.1, -0.05) is 12.1 Å². The maximum Gasteiger partial charge on any atom is 0.290 e. The van der Waals surface area contributed by atoms with Gasteiger partial charge in [-0.15, -0.1) is 0 Å². The van der Waals surface area contributed by atoms with Crippen LogP contribution in [0.5, 0.6) is 5.75 Å². The molecule has 2 heterocycles.